The summed E-state index contributed by atoms with van der Waals surface area (Å²) in [6.07, 6.45) is 3.42. The summed E-state index contributed by atoms with van der Waals surface area (Å²) in [6.45, 7) is 8.82. The number of likely N-dealkylation sites (tertiary alicyclic amines) is 1. The molecule has 0 radical (unpaired) electrons. The Morgan fingerprint density at radius 1 is 1.22 bits per heavy atom. The SMILES string of the molecule is CC(C)Cc1cc(CN2CCC[C@@H](Nc3ccc4c(c3)OCCO4)C2)[nH]n1. The maximum atomic E-state index is 5.70. The van der Waals surface area contributed by atoms with E-state index in [4.69, 9.17) is 9.47 Å². The minimum atomic E-state index is 0.444. The number of piperidine rings is 1. The Kier molecular flexibility index (Phi) is 5.53. The fraction of sp³-hybridized carbons (Fsp3) is 0.571. The topological polar surface area (TPSA) is 62.4 Å². The first kappa shape index (κ1) is 18.2. The molecule has 146 valence electrons. The fourth-order valence-electron chi connectivity index (χ4n) is 3.94. The van der Waals surface area contributed by atoms with E-state index in [1.54, 1.807) is 0 Å². The highest BCUT2D eigenvalue weighted by atomic mass is 16.6. The van der Waals surface area contributed by atoms with Gasteiger partial charge < -0.3 is 14.8 Å². The van der Waals surface area contributed by atoms with Gasteiger partial charge in [-0.1, -0.05) is 13.8 Å². The molecule has 2 aliphatic rings. The van der Waals surface area contributed by atoms with Crippen LogP contribution in [0, 0.1) is 5.92 Å². The van der Waals surface area contributed by atoms with Gasteiger partial charge in [0.15, 0.2) is 11.5 Å². The normalized spacial score (nSPS) is 20.0. The highest BCUT2D eigenvalue weighted by Crippen LogP contribution is 2.33. The highest BCUT2D eigenvalue weighted by Gasteiger charge is 2.21. The molecule has 27 heavy (non-hydrogen) atoms. The van der Waals surface area contributed by atoms with Crippen LogP contribution in [0.5, 0.6) is 11.5 Å². The average molecular weight is 370 g/mol. The predicted molar refractivity (Wildman–Crippen MR) is 106 cm³/mol. The Balaban J connectivity index is 1.33. The van der Waals surface area contributed by atoms with Crippen LogP contribution >= 0.6 is 0 Å². The van der Waals surface area contributed by atoms with Gasteiger partial charge in [0.1, 0.15) is 13.2 Å². The Hall–Kier alpha value is -2.21. The molecule has 0 saturated carbocycles. The second-order valence-electron chi connectivity index (χ2n) is 8.06. The molecule has 2 aromatic rings. The zero-order chi connectivity index (χ0) is 18.6. The van der Waals surface area contributed by atoms with Gasteiger partial charge in [-0.2, -0.15) is 5.10 Å². The van der Waals surface area contributed by atoms with E-state index in [1.165, 1.54) is 24.2 Å². The number of benzene rings is 1. The number of hydrogen-bond donors (Lipinski definition) is 2. The summed E-state index contributed by atoms with van der Waals surface area (Å²) < 4.78 is 11.3. The minimum absolute atomic E-state index is 0.444. The largest absolute Gasteiger partial charge is 0.486 e. The molecule has 1 aromatic carbocycles. The van der Waals surface area contributed by atoms with Crippen molar-refractivity contribution in [3.8, 4) is 11.5 Å². The monoisotopic (exact) mass is 370 g/mol. The number of nitrogens with one attached hydrogen (secondary N) is 2. The molecule has 1 aromatic heterocycles. The Morgan fingerprint density at radius 3 is 2.93 bits per heavy atom. The van der Waals surface area contributed by atoms with Crippen molar-refractivity contribution in [2.75, 3.05) is 31.6 Å². The van der Waals surface area contributed by atoms with Gasteiger partial charge in [0.2, 0.25) is 0 Å². The fourth-order valence-corrected chi connectivity index (χ4v) is 3.94. The first-order chi connectivity index (χ1) is 13.2. The van der Waals surface area contributed by atoms with Crippen molar-refractivity contribution in [1.29, 1.82) is 0 Å². The summed E-state index contributed by atoms with van der Waals surface area (Å²) in [6, 6.07) is 8.80. The second kappa shape index (κ2) is 8.21. The summed E-state index contributed by atoms with van der Waals surface area (Å²) in [4.78, 5) is 2.51. The molecule has 1 atom stereocenters. The minimum Gasteiger partial charge on any atom is -0.486 e. The molecule has 0 unspecified atom stereocenters. The van der Waals surface area contributed by atoms with Gasteiger partial charge in [-0.3, -0.25) is 10.00 Å². The number of aromatic amines is 1. The van der Waals surface area contributed by atoms with E-state index in [0.717, 1.165) is 43.2 Å². The number of aromatic nitrogens is 2. The van der Waals surface area contributed by atoms with Gasteiger partial charge in [-0.05, 0) is 49.9 Å². The number of anilines is 1. The molecule has 6 heteroatoms. The third-order valence-corrected chi connectivity index (χ3v) is 5.11. The van der Waals surface area contributed by atoms with E-state index in [0.29, 0.717) is 25.2 Å². The van der Waals surface area contributed by atoms with Gasteiger partial charge in [0.25, 0.3) is 0 Å². The lowest BCUT2D eigenvalue weighted by Gasteiger charge is -2.33. The predicted octanol–water partition coefficient (Wildman–Crippen LogP) is 3.46. The molecule has 0 bridgehead atoms. The van der Waals surface area contributed by atoms with Crippen LogP contribution in [0.3, 0.4) is 0 Å². The third kappa shape index (κ3) is 4.75. The number of nitrogens with zero attached hydrogens (tertiary/aromatic N) is 2. The third-order valence-electron chi connectivity index (χ3n) is 5.11. The standard InChI is InChI=1S/C21H30N4O2/c1-15(2)10-18-11-19(24-23-18)14-25-7-3-4-17(13-25)22-16-5-6-20-21(12-16)27-9-8-26-20/h5-6,11-12,15,17,22H,3-4,7-10,13-14H2,1-2H3,(H,23,24)/t17-/m1/s1. The van der Waals surface area contributed by atoms with Crippen LogP contribution in [0.25, 0.3) is 0 Å². The van der Waals surface area contributed by atoms with Crippen molar-refractivity contribution in [2.45, 2.75) is 45.7 Å². The van der Waals surface area contributed by atoms with Gasteiger partial charge in [-0.15, -0.1) is 0 Å². The van der Waals surface area contributed by atoms with Crippen LogP contribution in [0.4, 0.5) is 5.69 Å². The van der Waals surface area contributed by atoms with E-state index in [9.17, 15) is 0 Å². The van der Waals surface area contributed by atoms with Gasteiger partial charge in [0, 0.05) is 36.6 Å². The van der Waals surface area contributed by atoms with Crippen LogP contribution < -0.4 is 14.8 Å². The van der Waals surface area contributed by atoms with Crippen molar-refractivity contribution in [1.82, 2.24) is 15.1 Å². The maximum absolute atomic E-state index is 5.70. The molecule has 1 saturated heterocycles. The lowest BCUT2D eigenvalue weighted by atomic mass is 10.0. The maximum Gasteiger partial charge on any atom is 0.163 e. The van der Waals surface area contributed by atoms with Crippen molar-refractivity contribution in [2.24, 2.45) is 5.92 Å². The van der Waals surface area contributed by atoms with Crippen LogP contribution in [0.1, 0.15) is 38.1 Å². The number of rotatable bonds is 6. The van der Waals surface area contributed by atoms with Crippen LogP contribution in [-0.4, -0.2) is 47.4 Å². The van der Waals surface area contributed by atoms with E-state index in [1.807, 2.05) is 6.07 Å². The molecule has 0 aliphatic carbocycles. The average Bonchev–Trinajstić information content (AvgIpc) is 3.08. The lowest BCUT2D eigenvalue weighted by molar-refractivity contribution is 0.171. The van der Waals surface area contributed by atoms with Crippen molar-refractivity contribution < 1.29 is 9.47 Å². The summed E-state index contributed by atoms with van der Waals surface area (Å²) >= 11 is 0. The quantitative estimate of drug-likeness (QED) is 0.815. The summed E-state index contributed by atoms with van der Waals surface area (Å²) in [5.74, 6) is 2.32. The van der Waals surface area contributed by atoms with Gasteiger partial charge in [0.05, 0.1) is 5.69 Å². The summed E-state index contributed by atoms with van der Waals surface area (Å²) in [7, 11) is 0. The Bertz CT molecular complexity index is 758. The molecular weight excluding hydrogens is 340 g/mol. The second-order valence-corrected chi connectivity index (χ2v) is 8.06. The van der Waals surface area contributed by atoms with Gasteiger partial charge >= 0.3 is 0 Å². The molecule has 2 aliphatic heterocycles. The number of fused-ring (bicyclic) bond motifs is 1. The Morgan fingerprint density at radius 2 is 2.07 bits per heavy atom. The summed E-state index contributed by atoms with van der Waals surface area (Å²) in [5.41, 5.74) is 3.49. The number of ether oxygens (including phenoxy) is 2. The zero-order valence-electron chi connectivity index (χ0n) is 16.3. The molecule has 3 heterocycles. The van der Waals surface area contributed by atoms with E-state index in [-0.39, 0.29) is 0 Å². The number of hydrogen-bond acceptors (Lipinski definition) is 5. The molecule has 0 amide bonds. The first-order valence-corrected chi connectivity index (χ1v) is 10.1. The van der Waals surface area contributed by atoms with Crippen LogP contribution in [-0.2, 0) is 13.0 Å². The lowest BCUT2D eigenvalue weighted by Crippen LogP contribution is -2.41. The zero-order valence-corrected chi connectivity index (χ0v) is 16.3. The van der Waals surface area contributed by atoms with Gasteiger partial charge in [-0.25, -0.2) is 0 Å². The summed E-state index contributed by atoms with van der Waals surface area (Å²) in [5, 5.41) is 11.3. The van der Waals surface area contributed by atoms with E-state index in [2.05, 4.69) is 52.5 Å². The van der Waals surface area contributed by atoms with E-state index >= 15 is 0 Å². The Labute approximate surface area is 161 Å². The van der Waals surface area contributed by atoms with Crippen molar-refractivity contribution in [3.63, 3.8) is 0 Å². The molecule has 1 fully saturated rings. The molecule has 2 N–H and O–H groups in total. The van der Waals surface area contributed by atoms with E-state index < -0.39 is 0 Å². The van der Waals surface area contributed by atoms with Crippen molar-refractivity contribution >= 4 is 5.69 Å². The highest BCUT2D eigenvalue weighted by molar-refractivity contribution is 5.55. The molecule has 4 rings (SSSR count). The molecular formula is C21H30N4O2. The van der Waals surface area contributed by atoms with Crippen LogP contribution in [0.15, 0.2) is 24.3 Å². The van der Waals surface area contributed by atoms with Crippen molar-refractivity contribution in [3.05, 3.63) is 35.7 Å². The smallest absolute Gasteiger partial charge is 0.163 e. The number of H-pyrrole nitrogens is 1. The van der Waals surface area contributed by atoms with Crippen LogP contribution in [0.2, 0.25) is 0 Å². The first-order valence-electron chi connectivity index (χ1n) is 10.1. The molecule has 0 spiro atoms. The molecule has 6 nitrogen and oxygen atoms in total.